The largest absolute Gasteiger partial charge is 0.452 e. The zero-order valence-electron chi connectivity index (χ0n) is 14.8. The lowest BCUT2D eigenvalue weighted by molar-refractivity contribution is -0.119. The smallest absolute Gasteiger partial charge is 0.340 e. The van der Waals surface area contributed by atoms with Gasteiger partial charge >= 0.3 is 5.97 Å². The maximum absolute atomic E-state index is 13.2. The third kappa shape index (κ3) is 4.61. The van der Waals surface area contributed by atoms with Gasteiger partial charge in [0.1, 0.15) is 16.9 Å². The second kappa shape index (κ2) is 8.59. The lowest BCUT2D eigenvalue weighted by atomic mass is 10.1. The van der Waals surface area contributed by atoms with Crippen LogP contribution in [0.15, 0.2) is 29.3 Å². The van der Waals surface area contributed by atoms with Crippen molar-refractivity contribution in [2.75, 3.05) is 18.2 Å². The summed E-state index contributed by atoms with van der Waals surface area (Å²) in [6.07, 6.45) is 3.75. The zero-order chi connectivity index (χ0) is 20.3. The quantitative estimate of drug-likeness (QED) is 0.558. The van der Waals surface area contributed by atoms with E-state index in [1.807, 2.05) is 6.07 Å². The SMILES string of the molecule is CSc1nc(C2CC2)cc(C(=O)OCC(=O)Nc2ccc(F)c(Cl)c2)c1C#N. The van der Waals surface area contributed by atoms with Gasteiger partial charge in [0.05, 0.1) is 16.1 Å². The monoisotopic (exact) mass is 419 g/mol. The Morgan fingerprint density at radius 3 is 2.79 bits per heavy atom. The van der Waals surface area contributed by atoms with Crippen LogP contribution in [-0.2, 0) is 9.53 Å². The van der Waals surface area contributed by atoms with Gasteiger partial charge in [0.15, 0.2) is 6.61 Å². The summed E-state index contributed by atoms with van der Waals surface area (Å²) in [6, 6.07) is 7.25. The van der Waals surface area contributed by atoms with Gasteiger partial charge in [0.25, 0.3) is 5.91 Å². The maximum Gasteiger partial charge on any atom is 0.340 e. The first-order chi connectivity index (χ1) is 13.4. The minimum absolute atomic E-state index is 0.0985. The van der Waals surface area contributed by atoms with Crippen LogP contribution in [-0.4, -0.2) is 29.7 Å². The molecule has 1 amide bonds. The molecule has 3 rings (SSSR count). The van der Waals surface area contributed by atoms with Crippen molar-refractivity contribution in [1.82, 2.24) is 4.98 Å². The van der Waals surface area contributed by atoms with E-state index in [0.29, 0.717) is 5.03 Å². The Balaban J connectivity index is 1.70. The fourth-order valence-corrected chi connectivity index (χ4v) is 3.26. The van der Waals surface area contributed by atoms with E-state index in [4.69, 9.17) is 16.3 Å². The number of nitrogens with one attached hydrogen (secondary N) is 1. The number of amides is 1. The van der Waals surface area contributed by atoms with Gasteiger partial charge < -0.3 is 10.1 Å². The highest BCUT2D eigenvalue weighted by molar-refractivity contribution is 7.98. The lowest BCUT2D eigenvalue weighted by Crippen LogP contribution is -2.21. The van der Waals surface area contributed by atoms with Crippen molar-refractivity contribution in [2.24, 2.45) is 0 Å². The van der Waals surface area contributed by atoms with Gasteiger partial charge in [0, 0.05) is 17.3 Å². The van der Waals surface area contributed by atoms with Crippen LogP contribution in [0, 0.1) is 17.1 Å². The average Bonchev–Trinajstić information content (AvgIpc) is 3.53. The molecule has 0 spiro atoms. The van der Waals surface area contributed by atoms with Crippen molar-refractivity contribution in [3.8, 4) is 6.07 Å². The summed E-state index contributed by atoms with van der Waals surface area (Å²) < 4.78 is 18.2. The van der Waals surface area contributed by atoms with Gasteiger partial charge in [-0.1, -0.05) is 11.6 Å². The number of hydrogen-bond acceptors (Lipinski definition) is 6. The van der Waals surface area contributed by atoms with E-state index in [0.717, 1.165) is 24.6 Å². The first kappa shape index (κ1) is 20.1. The molecule has 1 aromatic heterocycles. The Bertz CT molecular complexity index is 989. The Morgan fingerprint density at radius 2 is 2.18 bits per heavy atom. The minimum Gasteiger partial charge on any atom is -0.452 e. The number of ether oxygens (including phenoxy) is 1. The molecule has 144 valence electrons. The molecule has 1 aromatic carbocycles. The third-order valence-corrected chi connectivity index (χ3v) is 5.04. The molecule has 0 atom stereocenters. The molecule has 1 fully saturated rings. The number of anilines is 1. The Hall–Kier alpha value is -2.63. The van der Waals surface area contributed by atoms with E-state index in [1.54, 1.807) is 12.3 Å². The van der Waals surface area contributed by atoms with Crippen molar-refractivity contribution < 1.29 is 18.7 Å². The number of esters is 1. The number of pyridine rings is 1. The molecule has 1 aliphatic rings. The molecule has 1 heterocycles. The molecular weight excluding hydrogens is 405 g/mol. The second-order valence-electron chi connectivity index (χ2n) is 6.12. The number of thioether (sulfide) groups is 1. The number of hydrogen-bond donors (Lipinski definition) is 1. The van der Waals surface area contributed by atoms with Crippen LogP contribution < -0.4 is 5.32 Å². The van der Waals surface area contributed by atoms with E-state index in [2.05, 4.69) is 10.3 Å². The lowest BCUT2D eigenvalue weighted by Gasteiger charge is -2.11. The molecule has 0 unspecified atom stereocenters. The molecule has 1 aliphatic carbocycles. The molecule has 0 saturated heterocycles. The molecule has 2 aromatic rings. The van der Waals surface area contributed by atoms with Crippen LogP contribution in [0.2, 0.25) is 5.02 Å². The van der Waals surface area contributed by atoms with E-state index in [-0.39, 0.29) is 27.8 Å². The van der Waals surface area contributed by atoms with E-state index in [1.165, 1.54) is 23.9 Å². The van der Waals surface area contributed by atoms with Crippen LogP contribution in [0.5, 0.6) is 0 Å². The highest BCUT2D eigenvalue weighted by atomic mass is 35.5. The molecule has 0 bridgehead atoms. The van der Waals surface area contributed by atoms with E-state index < -0.39 is 24.3 Å². The zero-order valence-corrected chi connectivity index (χ0v) is 16.4. The Kier molecular flexibility index (Phi) is 6.17. The standard InChI is InChI=1S/C19H15ClFN3O3S/c1-28-18-13(8-22)12(7-16(24-18)10-2-3-10)19(26)27-9-17(25)23-11-4-5-15(21)14(20)6-11/h4-7,10H,2-3,9H2,1H3,(H,23,25). The highest BCUT2D eigenvalue weighted by Gasteiger charge is 2.29. The van der Waals surface area contributed by atoms with Crippen LogP contribution in [0.25, 0.3) is 0 Å². The number of benzene rings is 1. The number of aromatic nitrogens is 1. The van der Waals surface area contributed by atoms with E-state index >= 15 is 0 Å². The van der Waals surface area contributed by atoms with Crippen LogP contribution in [0.4, 0.5) is 10.1 Å². The molecule has 9 heteroatoms. The number of nitriles is 1. The number of carbonyl (C=O) groups is 2. The van der Waals surface area contributed by atoms with Gasteiger partial charge in [-0.2, -0.15) is 5.26 Å². The Labute approximate surface area is 170 Å². The third-order valence-electron chi connectivity index (χ3n) is 4.06. The van der Waals surface area contributed by atoms with Crippen molar-refractivity contribution in [3.63, 3.8) is 0 Å². The molecular formula is C19H15ClFN3O3S. The predicted octanol–water partition coefficient (Wildman–Crippen LogP) is 4.14. The molecule has 1 saturated carbocycles. The van der Waals surface area contributed by atoms with Crippen molar-refractivity contribution in [1.29, 1.82) is 5.26 Å². The average molecular weight is 420 g/mol. The number of halogens is 2. The number of rotatable bonds is 6. The fraction of sp³-hybridized carbons (Fsp3) is 0.263. The normalized spacial score (nSPS) is 12.9. The summed E-state index contributed by atoms with van der Waals surface area (Å²) in [5, 5.41) is 12.2. The number of carbonyl (C=O) groups excluding carboxylic acids is 2. The first-order valence-electron chi connectivity index (χ1n) is 8.34. The van der Waals surface area contributed by atoms with Gasteiger partial charge in [-0.05, 0) is 43.4 Å². The minimum atomic E-state index is -0.775. The highest BCUT2D eigenvalue weighted by Crippen LogP contribution is 2.40. The molecule has 6 nitrogen and oxygen atoms in total. The molecule has 0 aliphatic heterocycles. The summed E-state index contributed by atoms with van der Waals surface area (Å²) >= 11 is 6.94. The maximum atomic E-state index is 13.2. The van der Waals surface area contributed by atoms with Gasteiger partial charge in [0.2, 0.25) is 0 Å². The predicted molar refractivity (Wildman–Crippen MR) is 103 cm³/mol. The van der Waals surface area contributed by atoms with Gasteiger partial charge in [-0.15, -0.1) is 11.8 Å². The summed E-state index contributed by atoms with van der Waals surface area (Å²) in [5.41, 5.74) is 1.25. The van der Waals surface area contributed by atoms with Gasteiger partial charge in [-0.25, -0.2) is 14.2 Å². The van der Waals surface area contributed by atoms with Crippen LogP contribution >= 0.6 is 23.4 Å². The van der Waals surface area contributed by atoms with Crippen LogP contribution in [0.3, 0.4) is 0 Å². The number of nitrogens with zero attached hydrogens (tertiary/aromatic N) is 2. The van der Waals surface area contributed by atoms with Crippen molar-refractivity contribution >= 4 is 40.9 Å². The topological polar surface area (TPSA) is 92.1 Å². The summed E-state index contributed by atoms with van der Waals surface area (Å²) in [6.45, 7) is -0.561. The van der Waals surface area contributed by atoms with Crippen molar-refractivity contribution in [3.05, 3.63) is 51.9 Å². The summed E-state index contributed by atoms with van der Waals surface area (Å²) in [4.78, 5) is 28.9. The molecule has 28 heavy (non-hydrogen) atoms. The van der Waals surface area contributed by atoms with Crippen LogP contribution in [0.1, 0.15) is 40.4 Å². The molecule has 0 radical (unpaired) electrons. The van der Waals surface area contributed by atoms with Gasteiger partial charge in [-0.3, -0.25) is 4.79 Å². The fourth-order valence-electron chi connectivity index (χ4n) is 2.53. The second-order valence-corrected chi connectivity index (χ2v) is 7.32. The molecule has 1 N–H and O–H groups in total. The van der Waals surface area contributed by atoms with Crippen molar-refractivity contribution in [2.45, 2.75) is 23.8 Å². The van der Waals surface area contributed by atoms with E-state index in [9.17, 15) is 19.2 Å². The summed E-state index contributed by atoms with van der Waals surface area (Å²) in [7, 11) is 0. The summed E-state index contributed by atoms with van der Waals surface area (Å²) in [5.74, 6) is -1.71. The first-order valence-corrected chi connectivity index (χ1v) is 9.94. The Morgan fingerprint density at radius 1 is 1.43 bits per heavy atom.